The second kappa shape index (κ2) is 11.6. The topological polar surface area (TPSA) is 135 Å². The maximum atomic E-state index is 14.4. The number of amides is 1. The number of alkyl halides is 1. The van der Waals surface area contributed by atoms with E-state index in [0.29, 0.717) is 16.5 Å². The Balaban J connectivity index is 1.55. The van der Waals surface area contributed by atoms with Crippen LogP contribution in [0.15, 0.2) is 47.5 Å². The van der Waals surface area contributed by atoms with Gasteiger partial charge in [-0.05, 0) is 31.2 Å². The molecule has 1 fully saturated rings. The summed E-state index contributed by atoms with van der Waals surface area (Å²) in [5.41, 5.74) is 0.764. The van der Waals surface area contributed by atoms with Gasteiger partial charge in [0.15, 0.2) is 17.9 Å². The number of ether oxygens (including phenoxy) is 1. The fraction of sp³-hybridized carbons (Fsp3) is 0.360. The van der Waals surface area contributed by atoms with E-state index in [1.165, 1.54) is 46.9 Å². The van der Waals surface area contributed by atoms with Crippen LogP contribution in [-0.4, -0.2) is 72.8 Å². The molecule has 0 aliphatic carbocycles. The average Bonchev–Trinajstić information content (AvgIpc) is 3.42. The highest BCUT2D eigenvalue weighted by atomic mass is 35.5. The summed E-state index contributed by atoms with van der Waals surface area (Å²) < 4.78 is 74.8. The highest BCUT2D eigenvalue weighted by Crippen LogP contribution is 2.36. The number of benzene rings is 2. The van der Waals surface area contributed by atoms with E-state index in [4.69, 9.17) is 16.3 Å². The van der Waals surface area contributed by atoms with Crippen LogP contribution in [0.25, 0.3) is 10.9 Å². The number of hydrogen-bond acceptors (Lipinski definition) is 6. The summed E-state index contributed by atoms with van der Waals surface area (Å²) in [5, 5.41) is 0.149. The quantitative estimate of drug-likeness (QED) is 0.261. The van der Waals surface area contributed by atoms with Crippen molar-refractivity contribution in [3.05, 3.63) is 59.0 Å². The molecule has 3 atom stereocenters. The van der Waals surface area contributed by atoms with Crippen LogP contribution >= 0.6 is 19.0 Å². The lowest BCUT2D eigenvalue weighted by atomic mass is 10.1. The SMILES string of the molecule is CC(=O)c1cn(CC(=O)N2C[C@H](F)C[C@H]2CNS(=O)(=O)c2cccc(Cl)c2F)c2cc(OCP(C)(=O)O)ccc12. The number of carbonyl (C=O) groups excluding carboxylic acids is 2. The molecule has 1 amide bonds. The number of fused-ring (bicyclic) bond motifs is 1. The van der Waals surface area contributed by atoms with Crippen molar-refractivity contribution in [1.29, 1.82) is 0 Å². The van der Waals surface area contributed by atoms with Gasteiger partial charge in [0.05, 0.1) is 17.1 Å². The summed E-state index contributed by atoms with van der Waals surface area (Å²) in [6.45, 7) is 1.58. The van der Waals surface area contributed by atoms with Crippen molar-refractivity contribution < 1.29 is 41.0 Å². The lowest BCUT2D eigenvalue weighted by Gasteiger charge is -2.25. The first kappa shape index (κ1) is 30.1. The van der Waals surface area contributed by atoms with Crippen LogP contribution in [0.1, 0.15) is 23.7 Å². The first-order chi connectivity index (χ1) is 18.7. The fourth-order valence-corrected chi connectivity index (χ4v) is 6.33. The van der Waals surface area contributed by atoms with Gasteiger partial charge in [0.1, 0.15) is 23.4 Å². The van der Waals surface area contributed by atoms with Gasteiger partial charge < -0.3 is 19.1 Å². The summed E-state index contributed by atoms with van der Waals surface area (Å²) in [7, 11) is -7.81. The number of hydrogen-bond donors (Lipinski definition) is 2. The Morgan fingerprint density at radius 1 is 1.27 bits per heavy atom. The van der Waals surface area contributed by atoms with Crippen LogP contribution in [0.5, 0.6) is 5.75 Å². The van der Waals surface area contributed by atoms with Crippen molar-refractivity contribution in [2.75, 3.05) is 26.1 Å². The van der Waals surface area contributed by atoms with Crippen LogP contribution in [-0.2, 0) is 25.9 Å². The van der Waals surface area contributed by atoms with Crippen molar-refractivity contribution in [1.82, 2.24) is 14.2 Å². The van der Waals surface area contributed by atoms with Crippen LogP contribution in [0, 0.1) is 5.82 Å². The molecule has 216 valence electrons. The number of halogens is 3. The van der Waals surface area contributed by atoms with Gasteiger partial charge in [-0.25, -0.2) is 21.9 Å². The minimum absolute atomic E-state index is 0.131. The van der Waals surface area contributed by atoms with Crippen molar-refractivity contribution in [3.63, 3.8) is 0 Å². The molecule has 0 radical (unpaired) electrons. The molecule has 1 aliphatic heterocycles. The van der Waals surface area contributed by atoms with Gasteiger partial charge in [-0.1, -0.05) is 17.7 Å². The Hall–Kier alpha value is -2.83. The molecule has 0 saturated carbocycles. The Kier molecular flexibility index (Phi) is 8.72. The zero-order valence-electron chi connectivity index (χ0n) is 21.5. The maximum Gasteiger partial charge on any atom is 0.243 e. The van der Waals surface area contributed by atoms with E-state index in [1.807, 2.05) is 0 Å². The fourth-order valence-electron chi connectivity index (χ4n) is 4.54. The first-order valence-electron chi connectivity index (χ1n) is 12.1. The molecule has 2 aromatic carbocycles. The number of carbonyl (C=O) groups is 2. The van der Waals surface area contributed by atoms with Crippen molar-refractivity contribution in [2.24, 2.45) is 0 Å². The maximum absolute atomic E-state index is 14.4. The number of rotatable bonds is 10. The predicted molar refractivity (Wildman–Crippen MR) is 145 cm³/mol. The van der Waals surface area contributed by atoms with Crippen LogP contribution in [0.4, 0.5) is 8.78 Å². The molecule has 1 aromatic heterocycles. The Bertz CT molecular complexity index is 1630. The third-order valence-corrected chi connectivity index (χ3v) is 8.75. The summed E-state index contributed by atoms with van der Waals surface area (Å²) in [6, 6.07) is 7.33. The van der Waals surface area contributed by atoms with E-state index in [9.17, 15) is 36.2 Å². The largest absolute Gasteiger partial charge is 0.483 e. The molecule has 10 nitrogen and oxygen atoms in total. The summed E-state index contributed by atoms with van der Waals surface area (Å²) in [4.78, 5) is 35.6. The molecule has 15 heteroatoms. The van der Waals surface area contributed by atoms with E-state index in [0.717, 1.165) is 12.7 Å². The van der Waals surface area contributed by atoms with E-state index in [-0.39, 0.29) is 42.6 Å². The third kappa shape index (κ3) is 6.72. The lowest BCUT2D eigenvalue weighted by Crippen LogP contribution is -2.44. The first-order valence-corrected chi connectivity index (χ1v) is 16.2. The second-order valence-corrected chi connectivity index (χ2v) is 14.2. The highest BCUT2D eigenvalue weighted by Gasteiger charge is 2.36. The van der Waals surface area contributed by atoms with Crippen LogP contribution < -0.4 is 9.46 Å². The third-order valence-electron chi connectivity index (χ3n) is 6.41. The van der Waals surface area contributed by atoms with E-state index >= 15 is 0 Å². The average molecular weight is 618 g/mol. The molecular formula is C25H27ClF2N3O7PS. The number of aromatic nitrogens is 1. The minimum atomic E-state index is -4.35. The van der Waals surface area contributed by atoms with Gasteiger partial charge in [0.2, 0.25) is 23.3 Å². The molecule has 1 unspecified atom stereocenters. The number of likely N-dealkylation sites (tertiary alicyclic amines) is 1. The molecule has 0 bridgehead atoms. The van der Waals surface area contributed by atoms with Gasteiger partial charge in [-0.3, -0.25) is 14.2 Å². The van der Waals surface area contributed by atoms with Crippen molar-refractivity contribution >= 4 is 51.6 Å². The normalized spacial score (nSPS) is 19.1. The smallest absolute Gasteiger partial charge is 0.243 e. The zero-order valence-corrected chi connectivity index (χ0v) is 24.0. The Morgan fingerprint density at radius 2 is 2.00 bits per heavy atom. The Morgan fingerprint density at radius 3 is 2.67 bits per heavy atom. The van der Waals surface area contributed by atoms with Crippen LogP contribution in [0.3, 0.4) is 0 Å². The number of sulfonamides is 1. The molecule has 2 heterocycles. The van der Waals surface area contributed by atoms with Gasteiger partial charge in [-0.15, -0.1) is 0 Å². The number of nitrogens with zero attached hydrogens (tertiary/aromatic N) is 2. The zero-order chi connectivity index (χ0) is 29.4. The second-order valence-electron chi connectivity index (χ2n) is 9.67. The minimum Gasteiger partial charge on any atom is -0.483 e. The van der Waals surface area contributed by atoms with Gasteiger partial charge in [0.25, 0.3) is 0 Å². The van der Waals surface area contributed by atoms with Gasteiger partial charge in [-0.2, -0.15) is 0 Å². The highest BCUT2D eigenvalue weighted by molar-refractivity contribution is 7.89. The standard InChI is InChI=1S/C25H27ClF2N3O7PS/c1-15(32)20-12-30(22-9-18(6-7-19(20)22)38-14-39(2,34)35)13-24(33)31-11-16(27)8-17(31)10-29-40(36,37)23-5-3-4-21(26)25(23)28/h3-7,9,12,16-17,29H,8,10-11,13-14H2,1-2H3,(H,34,35)/t16-,17+/m1/s1. The van der Waals surface area contributed by atoms with Gasteiger partial charge >= 0.3 is 0 Å². The summed E-state index contributed by atoms with van der Waals surface area (Å²) in [5.74, 6) is -1.67. The van der Waals surface area contributed by atoms with Crippen molar-refractivity contribution in [2.45, 2.75) is 37.0 Å². The molecule has 40 heavy (non-hydrogen) atoms. The summed E-state index contributed by atoms with van der Waals surface area (Å²) >= 11 is 5.69. The number of nitrogens with one attached hydrogen (secondary N) is 1. The van der Waals surface area contributed by atoms with E-state index < -0.39 is 52.6 Å². The molecule has 0 spiro atoms. The molecule has 1 saturated heterocycles. The van der Waals surface area contributed by atoms with Crippen molar-refractivity contribution in [3.8, 4) is 5.75 Å². The lowest BCUT2D eigenvalue weighted by molar-refractivity contribution is -0.132. The molecule has 1 aliphatic rings. The summed E-state index contributed by atoms with van der Waals surface area (Å²) in [6.07, 6.45) is -0.486. The van der Waals surface area contributed by atoms with Gasteiger partial charge in [0, 0.05) is 48.9 Å². The Labute approximate surface area is 234 Å². The van der Waals surface area contributed by atoms with E-state index in [2.05, 4.69) is 4.72 Å². The van der Waals surface area contributed by atoms with E-state index in [1.54, 1.807) is 6.07 Å². The molecule has 4 rings (SSSR count). The molecular weight excluding hydrogens is 591 g/mol. The number of ketones is 1. The monoisotopic (exact) mass is 617 g/mol. The molecule has 3 aromatic rings. The molecule has 2 N–H and O–H groups in total. The van der Waals surface area contributed by atoms with Crippen LogP contribution in [0.2, 0.25) is 5.02 Å². The predicted octanol–water partition coefficient (Wildman–Crippen LogP) is 3.79. The number of Topliss-reactive ketones (excluding diaryl/α,β-unsaturated/α-hetero) is 1.